The van der Waals surface area contributed by atoms with E-state index in [-0.39, 0.29) is 54.9 Å². The lowest BCUT2D eigenvalue weighted by molar-refractivity contribution is -0.0439. The van der Waals surface area contributed by atoms with Gasteiger partial charge in [-0.05, 0) is 65.2 Å². The van der Waals surface area contributed by atoms with Crippen molar-refractivity contribution in [2.45, 2.75) is 95.6 Å². The Bertz CT molecular complexity index is 3270. The van der Waals surface area contributed by atoms with E-state index in [4.69, 9.17) is 18.6 Å². The minimum atomic E-state index is -3.87. The second kappa shape index (κ2) is 22.4. The van der Waals surface area contributed by atoms with E-state index in [0.29, 0.717) is 17.5 Å². The summed E-state index contributed by atoms with van der Waals surface area (Å²) < 4.78 is 60.1. The van der Waals surface area contributed by atoms with Gasteiger partial charge in [0, 0.05) is 48.4 Å². The Morgan fingerprint density at radius 1 is 0.587 bits per heavy atom. The van der Waals surface area contributed by atoms with Gasteiger partial charge in [0.15, 0.2) is 9.84 Å². The fourth-order valence-electron chi connectivity index (χ4n) is 11.3. The maximum atomic E-state index is 14.7. The Hall–Kier alpha value is -6.53. The molecular formula is C59H66N4O10SSi. The lowest BCUT2D eigenvalue weighted by atomic mass is 9.80. The number of ether oxygens (including phenoxy) is 3. The van der Waals surface area contributed by atoms with E-state index in [9.17, 15) is 27.6 Å². The third-order valence-electron chi connectivity index (χ3n) is 15.0. The number of hydrogen-bond donors (Lipinski definition) is 2. The average Bonchev–Trinajstić information content (AvgIpc) is 4.01. The molecule has 392 valence electrons. The smallest absolute Gasteiger partial charge is 0.330 e. The van der Waals surface area contributed by atoms with Crippen molar-refractivity contribution in [2.75, 3.05) is 24.7 Å². The number of H-pyrrole nitrogens is 2. The molecule has 2 N–H and O–H groups in total. The lowest BCUT2D eigenvalue weighted by Crippen LogP contribution is -2.67. The number of nitrogens with one attached hydrogen (secondary N) is 2. The van der Waals surface area contributed by atoms with Crippen LogP contribution in [0.2, 0.25) is 5.04 Å². The van der Waals surface area contributed by atoms with Crippen molar-refractivity contribution in [1.82, 2.24) is 19.1 Å². The first-order valence-corrected chi connectivity index (χ1v) is 29.4. The third-order valence-corrected chi connectivity index (χ3v) is 21.8. The molecule has 2 saturated heterocycles. The SMILES string of the molecule is Cc1cn([C@H]2C[C@H](CS(=O)(=O)CC[C@H]3O[C@@H](n4cc(C)c(=O)[nH]c4=O)C[C@@H]3CO[Si](c3ccccc3)(c3ccccc3)C(C)(C)C)[C@@H](CCOC(c3ccccc3)(c3ccccc3)c3ccccc3)O2)c(=O)[nH]c1=O. The first kappa shape index (κ1) is 53.3. The van der Waals surface area contributed by atoms with Crippen LogP contribution < -0.4 is 32.9 Å². The predicted octanol–water partition coefficient (Wildman–Crippen LogP) is 7.29. The highest BCUT2D eigenvalue weighted by Gasteiger charge is 2.51. The molecule has 2 aromatic heterocycles. The van der Waals surface area contributed by atoms with Crippen molar-refractivity contribution in [2.24, 2.45) is 11.8 Å². The summed E-state index contributed by atoms with van der Waals surface area (Å²) in [5.41, 5.74) is 0.0817. The number of rotatable bonds is 19. The quantitative estimate of drug-likeness (QED) is 0.0617. The van der Waals surface area contributed by atoms with Gasteiger partial charge in [-0.2, -0.15) is 0 Å². The Labute approximate surface area is 438 Å². The van der Waals surface area contributed by atoms with Gasteiger partial charge in [-0.1, -0.05) is 172 Å². The maximum Gasteiger partial charge on any atom is 0.330 e. The molecule has 0 unspecified atom stereocenters. The largest absolute Gasteiger partial charge is 0.407 e. The number of sulfone groups is 1. The molecule has 0 radical (unpaired) electrons. The molecule has 2 fully saturated rings. The average molecular weight is 1050 g/mol. The van der Waals surface area contributed by atoms with E-state index in [0.717, 1.165) is 27.1 Å². The van der Waals surface area contributed by atoms with E-state index >= 15 is 0 Å². The van der Waals surface area contributed by atoms with Crippen molar-refractivity contribution < 1.29 is 27.1 Å². The number of aromatic amines is 2. The predicted molar refractivity (Wildman–Crippen MR) is 293 cm³/mol. The highest BCUT2D eigenvalue weighted by atomic mass is 32.2. The van der Waals surface area contributed by atoms with E-state index in [1.54, 1.807) is 13.8 Å². The first-order chi connectivity index (χ1) is 36.0. The Kier molecular flexibility index (Phi) is 15.9. The number of nitrogens with zero attached hydrogens (tertiary/aromatic N) is 2. The summed E-state index contributed by atoms with van der Waals surface area (Å²) in [6, 6.07) is 50.4. The number of hydrogen-bond acceptors (Lipinski definition) is 10. The summed E-state index contributed by atoms with van der Waals surface area (Å²) in [5, 5.41) is 1.84. The lowest BCUT2D eigenvalue weighted by Gasteiger charge is -2.43. The molecule has 0 amide bonds. The van der Waals surface area contributed by atoms with E-state index in [1.165, 1.54) is 21.5 Å². The molecule has 6 atom stereocenters. The van der Waals surface area contributed by atoms with Gasteiger partial charge in [-0.3, -0.25) is 28.7 Å². The van der Waals surface area contributed by atoms with Crippen LogP contribution >= 0.6 is 0 Å². The van der Waals surface area contributed by atoms with Crippen LogP contribution in [-0.2, 0) is 34.1 Å². The van der Waals surface area contributed by atoms with Gasteiger partial charge >= 0.3 is 11.4 Å². The maximum absolute atomic E-state index is 14.7. The van der Waals surface area contributed by atoms with Crippen LogP contribution in [0.3, 0.4) is 0 Å². The molecule has 0 bridgehead atoms. The summed E-state index contributed by atoms with van der Waals surface area (Å²) in [5.74, 6) is -1.42. The number of benzene rings is 5. The van der Waals surface area contributed by atoms with Gasteiger partial charge in [0.2, 0.25) is 0 Å². The molecule has 7 aromatic rings. The van der Waals surface area contributed by atoms with Crippen LogP contribution in [0.5, 0.6) is 0 Å². The molecule has 0 aliphatic carbocycles. The van der Waals surface area contributed by atoms with Crippen LogP contribution in [0, 0.1) is 25.7 Å². The summed E-state index contributed by atoms with van der Waals surface area (Å²) in [4.78, 5) is 56.4. The molecule has 9 rings (SSSR count). The molecule has 2 aliphatic rings. The number of aromatic nitrogens is 4. The highest BCUT2D eigenvalue weighted by Crippen LogP contribution is 2.43. The molecule has 14 nitrogen and oxygen atoms in total. The van der Waals surface area contributed by atoms with Crippen molar-refractivity contribution in [1.29, 1.82) is 0 Å². The molecule has 0 saturated carbocycles. The summed E-state index contributed by atoms with van der Waals surface area (Å²) in [6.07, 6.45) is 0.871. The normalized spacial score (nSPS) is 20.3. The first-order valence-electron chi connectivity index (χ1n) is 25.7. The van der Waals surface area contributed by atoms with Gasteiger partial charge in [-0.15, -0.1) is 0 Å². The fraction of sp³-hybridized carbons (Fsp3) is 0.356. The van der Waals surface area contributed by atoms with Crippen molar-refractivity contribution in [3.8, 4) is 0 Å². The zero-order chi connectivity index (χ0) is 53.0. The number of aryl methyl sites for hydroxylation is 2. The van der Waals surface area contributed by atoms with E-state index in [1.807, 2.05) is 127 Å². The van der Waals surface area contributed by atoms with Crippen LogP contribution in [0.15, 0.2) is 183 Å². The van der Waals surface area contributed by atoms with Crippen LogP contribution in [-0.4, -0.2) is 72.8 Å². The van der Waals surface area contributed by atoms with Crippen LogP contribution in [0.4, 0.5) is 0 Å². The van der Waals surface area contributed by atoms with Gasteiger partial charge in [0.05, 0.1) is 30.3 Å². The Morgan fingerprint density at radius 2 is 0.987 bits per heavy atom. The van der Waals surface area contributed by atoms with Gasteiger partial charge in [0.25, 0.3) is 19.4 Å². The zero-order valence-electron chi connectivity index (χ0n) is 43.1. The fourth-order valence-corrected chi connectivity index (χ4v) is 17.7. The minimum absolute atomic E-state index is 0.0990. The second-order valence-electron chi connectivity index (χ2n) is 21.0. The van der Waals surface area contributed by atoms with Gasteiger partial charge in [0.1, 0.15) is 18.1 Å². The van der Waals surface area contributed by atoms with E-state index in [2.05, 4.69) is 55.0 Å². The van der Waals surface area contributed by atoms with Crippen molar-refractivity contribution in [3.63, 3.8) is 0 Å². The second-order valence-corrected chi connectivity index (χ2v) is 27.5. The molecular weight excluding hydrogens is 985 g/mol. The molecule has 2 aliphatic heterocycles. The molecule has 4 heterocycles. The Balaban J connectivity index is 0.998. The minimum Gasteiger partial charge on any atom is -0.407 e. The van der Waals surface area contributed by atoms with E-state index < -0.39 is 76.8 Å². The molecule has 75 heavy (non-hydrogen) atoms. The van der Waals surface area contributed by atoms with Gasteiger partial charge in [-0.25, -0.2) is 18.0 Å². The summed E-state index contributed by atoms with van der Waals surface area (Å²) >= 11 is 0. The molecule has 0 spiro atoms. The Morgan fingerprint density at radius 3 is 1.41 bits per heavy atom. The third kappa shape index (κ3) is 11.2. The van der Waals surface area contributed by atoms with Crippen molar-refractivity contribution in [3.05, 3.63) is 234 Å². The zero-order valence-corrected chi connectivity index (χ0v) is 44.9. The summed E-state index contributed by atoms with van der Waals surface area (Å²) in [7, 11) is -6.92. The van der Waals surface area contributed by atoms with Crippen LogP contribution in [0.1, 0.15) is 86.7 Å². The topological polar surface area (TPSA) is 181 Å². The monoisotopic (exact) mass is 1050 g/mol. The van der Waals surface area contributed by atoms with Gasteiger partial charge < -0.3 is 18.6 Å². The molecule has 5 aromatic carbocycles. The standard InChI is InChI=1S/C59H66N4O10SSi/c1-41-37-62(56(66)60-54(41)64)52-35-43(39-71-75(58(3,4)5,48-27-17-9-18-28-48)49-29-19-10-20-30-49)51(73-52)32-34-74(68,69)40-44-36-53(63-38-42(2)55(65)61-57(63)67)72-50(44)31-33-70-59(45-21-11-6-12-22-45,46-23-13-7-14-24-46)47-25-15-8-16-26-47/h6-30,37-38,43-44,50-53H,31-36,39-40H2,1-5H3,(H,60,64,66)(H,61,65,67)/t43-,44-,50-,51-,52-,53-/m1/s1. The summed E-state index contributed by atoms with van der Waals surface area (Å²) in [6.45, 7) is 10.2. The van der Waals surface area contributed by atoms with Crippen molar-refractivity contribution >= 4 is 28.5 Å². The highest BCUT2D eigenvalue weighted by molar-refractivity contribution is 7.91. The van der Waals surface area contributed by atoms with Crippen LogP contribution in [0.25, 0.3) is 0 Å². The molecule has 16 heteroatoms.